The summed E-state index contributed by atoms with van der Waals surface area (Å²) >= 11 is 0. The molecule has 0 aromatic carbocycles. The topological polar surface area (TPSA) is 172 Å². The van der Waals surface area contributed by atoms with E-state index in [-0.39, 0.29) is 30.6 Å². The highest BCUT2D eigenvalue weighted by atomic mass is 19.2. The summed E-state index contributed by atoms with van der Waals surface area (Å²) in [5.74, 6) is -3.04. The Hall–Kier alpha value is -2.76. The summed E-state index contributed by atoms with van der Waals surface area (Å²) in [5, 5.41) is 10.1. The highest BCUT2D eigenvalue weighted by Crippen LogP contribution is 2.08. The number of nitrogens with two attached hydrogens (primary N) is 1. The second-order valence-electron chi connectivity index (χ2n) is 8.74. The van der Waals surface area contributed by atoms with Crippen LogP contribution in [0.1, 0.15) is 60.3 Å². The molecule has 0 bridgehead atoms. The molecule has 0 heterocycles. The van der Waals surface area contributed by atoms with Crippen molar-refractivity contribution in [3.8, 4) is 0 Å². The van der Waals surface area contributed by atoms with Crippen LogP contribution in [0.25, 0.3) is 0 Å². The lowest BCUT2D eigenvalue weighted by Crippen LogP contribution is -2.55. The van der Waals surface area contributed by atoms with Gasteiger partial charge in [0.05, 0.1) is 6.54 Å². The Balaban J connectivity index is 4.78. The lowest BCUT2D eigenvalue weighted by atomic mass is 10.0. The summed E-state index contributed by atoms with van der Waals surface area (Å²) in [5.41, 5.74) is 6.77. The van der Waals surface area contributed by atoms with Crippen molar-refractivity contribution in [2.75, 3.05) is 13.1 Å². The molecule has 3 unspecified atom stereocenters. The molecule has 0 aliphatic carbocycles. The molecule has 3 atom stereocenters. The van der Waals surface area contributed by atoms with Crippen LogP contribution >= 0.6 is 0 Å². The number of unbranched alkanes of at least 4 members (excludes halogenated alkanes) is 1. The molecule has 12 heteroatoms. The minimum absolute atomic E-state index is 0.0439. The Morgan fingerprint density at radius 2 is 1.52 bits per heavy atom. The van der Waals surface area contributed by atoms with Crippen molar-refractivity contribution in [1.29, 1.82) is 0 Å². The third-order valence-electron chi connectivity index (χ3n) is 4.80. The summed E-state index contributed by atoms with van der Waals surface area (Å²) in [6, 6.07) is -2.99. The maximum atomic E-state index is 13.0. The first-order chi connectivity index (χ1) is 15.4. The van der Waals surface area contributed by atoms with Gasteiger partial charge < -0.3 is 27.0 Å². The Morgan fingerprint density at radius 1 is 0.879 bits per heavy atom. The summed E-state index contributed by atoms with van der Waals surface area (Å²) in [4.78, 5) is 59.5. The fourth-order valence-corrected chi connectivity index (χ4v) is 3.00. The number of carbonyl (C=O) groups is 5. The van der Waals surface area contributed by atoms with Crippen molar-refractivity contribution in [2.24, 2.45) is 17.6 Å². The van der Waals surface area contributed by atoms with Gasteiger partial charge in [0.25, 0.3) is 0 Å². The van der Waals surface area contributed by atoms with Crippen LogP contribution in [0.3, 0.4) is 0 Å². The fourth-order valence-electron chi connectivity index (χ4n) is 3.00. The van der Waals surface area contributed by atoms with Crippen LogP contribution in [0, 0.1) is 11.8 Å². The first-order valence-corrected chi connectivity index (χ1v) is 11.2. The summed E-state index contributed by atoms with van der Waals surface area (Å²) in [6.07, 6.45) is 1.72. The number of hydrogen-bond acceptors (Lipinski definition) is 6. The zero-order valence-corrected chi connectivity index (χ0v) is 20.1. The quantitative estimate of drug-likeness (QED) is 0.129. The molecule has 0 aromatic rings. The van der Waals surface area contributed by atoms with Crippen molar-refractivity contribution in [3.05, 3.63) is 0 Å². The average molecular weight is 475 g/mol. The predicted octanol–water partition coefficient (Wildman–Crippen LogP) is -0.591. The van der Waals surface area contributed by atoms with Crippen LogP contribution in [0.2, 0.25) is 0 Å². The molecule has 0 radical (unpaired) electrons. The summed E-state index contributed by atoms with van der Waals surface area (Å²) in [7, 11) is 0. The molecule has 0 rings (SSSR count). The molecule has 0 saturated heterocycles. The minimum atomic E-state index is -1.11. The lowest BCUT2D eigenvalue weighted by molar-refractivity contribution is -0.133. The number of halogens is 1. The van der Waals surface area contributed by atoms with Gasteiger partial charge in [-0.1, -0.05) is 27.7 Å². The van der Waals surface area contributed by atoms with E-state index in [1.807, 2.05) is 13.8 Å². The largest absolute Gasteiger partial charge is 0.368 e. The molecular weight excluding hydrogens is 435 g/mol. The lowest BCUT2D eigenvalue weighted by Gasteiger charge is -2.24. The van der Waals surface area contributed by atoms with Gasteiger partial charge in [-0.3, -0.25) is 24.0 Å². The number of amides is 5. The van der Waals surface area contributed by atoms with Gasteiger partial charge in [-0.15, -0.1) is 10.0 Å². The normalized spacial score (nSPS) is 13.7. The second kappa shape index (κ2) is 15.9. The third kappa shape index (κ3) is 13.4. The van der Waals surface area contributed by atoms with Crippen LogP contribution in [0.15, 0.2) is 0 Å². The molecule has 0 saturated carbocycles. The Labute approximate surface area is 194 Å². The van der Waals surface area contributed by atoms with Crippen molar-refractivity contribution in [3.63, 3.8) is 0 Å². The van der Waals surface area contributed by atoms with Crippen molar-refractivity contribution < 1.29 is 28.5 Å². The number of nitrogens with one attached hydrogen (secondary N) is 5. The van der Waals surface area contributed by atoms with Crippen LogP contribution in [-0.2, 0) is 24.0 Å². The second-order valence-corrected chi connectivity index (χ2v) is 8.74. The van der Waals surface area contributed by atoms with E-state index in [0.29, 0.717) is 19.4 Å². The highest BCUT2D eigenvalue weighted by molar-refractivity contribution is 5.93. The van der Waals surface area contributed by atoms with Gasteiger partial charge in [0.2, 0.25) is 29.5 Å². The maximum absolute atomic E-state index is 13.0. The molecule has 0 fully saturated rings. The molecule has 33 heavy (non-hydrogen) atoms. The average Bonchev–Trinajstić information content (AvgIpc) is 2.69. The maximum Gasteiger partial charge on any atom is 0.243 e. The van der Waals surface area contributed by atoms with E-state index in [4.69, 9.17) is 5.73 Å². The van der Waals surface area contributed by atoms with E-state index in [1.54, 1.807) is 13.8 Å². The molecule has 190 valence electrons. The van der Waals surface area contributed by atoms with Gasteiger partial charge in [0.15, 0.2) is 0 Å². The molecule has 11 nitrogen and oxygen atoms in total. The Kier molecular flexibility index (Phi) is 14.6. The van der Waals surface area contributed by atoms with Crippen molar-refractivity contribution in [2.45, 2.75) is 78.4 Å². The molecule has 5 amide bonds. The van der Waals surface area contributed by atoms with E-state index < -0.39 is 48.3 Å². The molecular formula is C21H39FN6O5. The van der Waals surface area contributed by atoms with E-state index >= 15 is 0 Å². The zero-order chi connectivity index (χ0) is 25.6. The highest BCUT2D eigenvalue weighted by Gasteiger charge is 2.28. The number of carbonyl (C=O) groups excluding carboxylic acids is 5. The monoisotopic (exact) mass is 474 g/mol. The van der Waals surface area contributed by atoms with Crippen molar-refractivity contribution in [1.82, 2.24) is 26.8 Å². The van der Waals surface area contributed by atoms with Gasteiger partial charge in [-0.05, 0) is 37.5 Å². The first-order valence-electron chi connectivity index (χ1n) is 11.2. The van der Waals surface area contributed by atoms with Crippen LogP contribution < -0.4 is 32.5 Å². The van der Waals surface area contributed by atoms with Gasteiger partial charge in [0.1, 0.15) is 18.1 Å². The number of rotatable bonds is 16. The first kappa shape index (κ1) is 30.2. The molecule has 7 N–H and O–H groups in total. The molecule has 0 aliphatic heterocycles. The molecule has 0 spiro atoms. The summed E-state index contributed by atoms with van der Waals surface area (Å²) < 4.78 is 13.0. The number of hydrogen-bond donors (Lipinski definition) is 6. The Morgan fingerprint density at radius 3 is 2.00 bits per heavy atom. The molecule has 0 aliphatic rings. The van der Waals surface area contributed by atoms with Gasteiger partial charge >= 0.3 is 0 Å². The zero-order valence-electron chi connectivity index (χ0n) is 20.1. The SMILES string of the molecule is CC(=O)NCCCCC(NC(=O)CNC(=O)C(CC(C)C)NC(=O)C(NF)C(C)C)C(N)=O. The molecule has 0 aromatic heterocycles. The van der Waals surface area contributed by atoms with Gasteiger partial charge in [0, 0.05) is 13.5 Å². The van der Waals surface area contributed by atoms with Gasteiger partial charge in [-0.2, -0.15) is 0 Å². The van der Waals surface area contributed by atoms with E-state index in [2.05, 4.69) is 21.3 Å². The van der Waals surface area contributed by atoms with Crippen LogP contribution in [-0.4, -0.2) is 60.8 Å². The minimum Gasteiger partial charge on any atom is -0.368 e. The van der Waals surface area contributed by atoms with Gasteiger partial charge in [-0.25, -0.2) is 0 Å². The Bertz CT molecular complexity index is 674. The number of primary amides is 1. The predicted molar refractivity (Wildman–Crippen MR) is 121 cm³/mol. The van der Waals surface area contributed by atoms with E-state index in [1.165, 1.54) is 12.5 Å². The standard InChI is InChI=1S/C21H39FN6O5/c1-12(2)10-16(27-21(33)18(28-22)13(3)4)20(32)25-11-17(30)26-15(19(23)31)8-6-7-9-24-14(5)29/h12-13,15-16,18,28H,6-11H2,1-5H3,(H2,23,31)(H,24,29)(H,25,32)(H,26,30)(H,27,33). The van der Waals surface area contributed by atoms with Crippen LogP contribution in [0.4, 0.5) is 4.48 Å². The van der Waals surface area contributed by atoms with Crippen molar-refractivity contribution >= 4 is 29.5 Å². The summed E-state index contributed by atoms with van der Waals surface area (Å²) in [6.45, 7) is 8.46. The van der Waals surface area contributed by atoms with E-state index in [0.717, 1.165) is 0 Å². The van der Waals surface area contributed by atoms with E-state index in [9.17, 15) is 28.5 Å². The smallest absolute Gasteiger partial charge is 0.243 e. The third-order valence-corrected chi connectivity index (χ3v) is 4.80. The fraction of sp³-hybridized carbons (Fsp3) is 0.762. The van der Waals surface area contributed by atoms with Crippen LogP contribution in [0.5, 0.6) is 0 Å².